The van der Waals surface area contributed by atoms with E-state index in [2.05, 4.69) is 4.98 Å². The molecule has 1 aromatic heterocycles. The Morgan fingerprint density at radius 2 is 2.25 bits per heavy atom. The van der Waals surface area contributed by atoms with Crippen molar-refractivity contribution >= 4 is 17.4 Å². The lowest BCUT2D eigenvalue weighted by atomic mass is 9.98. The Balaban J connectivity index is 1.75. The van der Waals surface area contributed by atoms with Crippen LogP contribution < -0.4 is 0 Å². The number of hydrogen-bond acceptors (Lipinski definition) is 5. The molecule has 0 bridgehead atoms. The van der Waals surface area contributed by atoms with Gasteiger partial charge in [0, 0.05) is 30.8 Å². The lowest BCUT2D eigenvalue weighted by Crippen LogP contribution is -2.46. The molecule has 136 valence electrons. The van der Waals surface area contributed by atoms with Crippen molar-refractivity contribution < 1.29 is 14.3 Å². The largest absolute Gasteiger partial charge is 0.444 e. The van der Waals surface area contributed by atoms with Gasteiger partial charge in [-0.15, -0.1) is 11.3 Å². The fourth-order valence-corrected chi connectivity index (χ4v) is 3.59. The number of hydrogen-bond donors (Lipinski definition) is 0. The van der Waals surface area contributed by atoms with Crippen LogP contribution in [0, 0.1) is 0 Å². The minimum Gasteiger partial charge on any atom is -0.444 e. The van der Waals surface area contributed by atoms with Gasteiger partial charge in [-0.1, -0.05) is 0 Å². The Kier molecular flexibility index (Phi) is 7.04. The molecule has 6 heteroatoms. The highest BCUT2D eigenvalue weighted by molar-refractivity contribution is 7.09. The number of amides is 1. The monoisotopic (exact) mass is 354 g/mol. The van der Waals surface area contributed by atoms with Crippen LogP contribution in [-0.2, 0) is 9.47 Å². The standard InChI is InChI=1S/C18H30N2O3S/c1-14(16-19-10-13-24-16)22-12-7-9-15-8-5-6-11-20(15)17(21)23-18(2,3)4/h10,13-15H,5-9,11-12H2,1-4H3/t14-,15+/m0/s1. The number of nitrogens with zero attached hydrogens (tertiary/aromatic N) is 2. The molecule has 0 unspecified atom stereocenters. The SMILES string of the molecule is C[C@H](OCCC[C@H]1CCCCN1C(=O)OC(C)(C)C)c1nccs1. The molecular weight excluding hydrogens is 324 g/mol. The van der Waals surface area contributed by atoms with Gasteiger partial charge in [0.15, 0.2) is 0 Å². The van der Waals surface area contributed by atoms with Gasteiger partial charge < -0.3 is 14.4 Å². The predicted octanol–water partition coefficient (Wildman–Crippen LogP) is 4.79. The van der Waals surface area contributed by atoms with Crippen LogP contribution in [0.25, 0.3) is 0 Å². The zero-order valence-corrected chi connectivity index (χ0v) is 16.1. The highest BCUT2D eigenvalue weighted by Gasteiger charge is 2.30. The molecule has 2 rings (SSSR count). The van der Waals surface area contributed by atoms with E-state index in [0.29, 0.717) is 6.61 Å². The number of carbonyl (C=O) groups is 1. The van der Waals surface area contributed by atoms with Gasteiger partial charge in [0.05, 0.1) is 0 Å². The number of rotatable bonds is 6. The molecule has 0 N–H and O–H groups in total. The second kappa shape index (κ2) is 8.81. The van der Waals surface area contributed by atoms with Gasteiger partial charge in [0.2, 0.25) is 0 Å². The number of piperidine rings is 1. The summed E-state index contributed by atoms with van der Waals surface area (Å²) in [5, 5.41) is 2.98. The van der Waals surface area contributed by atoms with Crippen LogP contribution in [0.3, 0.4) is 0 Å². The second-order valence-electron chi connectivity index (χ2n) is 7.35. The van der Waals surface area contributed by atoms with Crippen molar-refractivity contribution in [3.05, 3.63) is 16.6 Å². The Hall–Kier alpha value is -1.14. The summed E-state index contributed by atoms with van der Waals surface area (Å²) < 4.78 is 11.4. The predicted molar refractivity (Wildman–Crippen MR) is 96.3 cm³/mol. The van der Waals surface area contributed by atoms with Crippen molar-refractivity contribution in [3.8, 4) is 0 Å². The molecule has 0 aliphatic carbocycles. The van der Waals surface area contributed by atoms with Crippen molar-refractivity contribution in [1.29, 1.82) is 0 Å². The third kappa shape index (κ3) is 6.06. The van der Waals surface area contributed by atoms with Gasteiger partial charge in [-0.25, -0.2) is 9.78 Å². The fourth-order valence-electron chi connectivity index (χ4n) is 2.95. The average molecular weight is 355 g/mol. The Bertz CT molecular complexity index is 499. The Morgan fingerprint density at radius 1 is 1.46 bits per heavy atom. The molecule has 1 aliphatic rings. The van der Waals surface area contributed by atoms with Crippen LogP contribution in [0.4, 0.5) is 4.79 Å². The maximum atomic E-state index is 12.4. The second-order valence-corrected chi connectivity index (χ2v) is 8.28. The first-order valence-electron chi connectivity index (χ1n) is 8.87. The van der Waals surface area contributed by atoms with Crippen LogP contribution in [0.15, 0.2) is 11.6 Å². The van der Waals surface area contributed by atoms with Gasteiger partial charge >= 0.3 is 6.09 Å². The van der Waals surface area contributed by atoms with Crippen molar-refractivity contribution in [3.63, 3.8) is 0 Å². The first kappa shape index (κ1) is 19.2. The zero-order chi connectivity index (χ0) is 17.6. The molecule has 1 aromatic rings. The summed E-state index contributed by atoms with van der Waals surface area (Å²) in [6.45, 7) is 9.27. The molecular formula is C18H30N2O3S. The van der Waals surface area contributed by atoms with E-state index in [0.717, 1.165) is 37.2 Å². The smallest absolute Gasteiger partial charge is 0.410 e. The summed E-state index contributed by atoms with van der Waals surface area (Å²) in [5.74, 6) is 0. The van der Waals surface area contributed by atoms with Gasteiger partial charge in [0.25, 0.3) is 0 Å². The summed E-state index contributed by atoms with van der Waals surface area (Å²) >= 11 is 1.62. The van der Waals surface area contributed by atoms with Crippen LogP contribution in [0.2, 0.25) is 0 Å². The summed E-state index contributed by atoms with van der Waals surface area (Å²) in [6.07, 6.45) is 6.88. The van der Waals surface area contributed by atoms with Crippen molar-refractivity contribution in [2.75, 3.05) is 13.2 Å². The van der Waals surface area contributed by atoms with E-state index in [-0.39, 0.29) is 18.2 Å². The molecule has 0 radical (unpaired) electrons. The summed E-state index contributed by atoms with van der Waals surface area (Å²) in [6, 6.07) is 0.271. The van der Waals surface area contributed by atoms with E-state index < -0.39 is 5.60 Å². The third-order valence-electron chi connectivity index (χ3n) is 4.10. The first-order valence-corrected chi connectivity index (χ1v) is 9.75. The minimum absolute atomic E-state index is 0.0401. The minimum atomic E-state index is -0.439. The fraction of sp³-hybridized carbons (Fsp3) is 0.778. The number of likely N-dealkylation sites (tertiary alicyclic amines) is 1. The van der Waals surface area contributed by atoms with E-state index in [9.17, 15) is 4.79 Å². The summed E-state index contributed by atoms with van der Waals surface area (Å²) in [4.78, 5) is 18.6. The van der Waals surface area contributed by atoms with E-state index >= 15 is 0 Å². The number of carbonyl (C=O) groups excluding carboxylic acids is 1. The van der Waals surface area contributed by atoms with Crippen molar-refractivity contribution in [2.24, 2.45) is 0 Å². The Labute approximate surface area is 149 Å². The number of aromatic nitrogens is 1. The maximum absolute atomic E-state index is 12.4. The first-order chi connectivity index (χ1) is 11.4. The van der Waals surface area contributed by atoms with Crippen LogP contribution in [-0.4, -0.2) is 40.8 Å². The topological polar surface area (TPSA) is 51.7 Å². The summed E-state index contributed by atoms with van der Waals surface area (Å²) in [5.41, 5.74) is -0.439. The van der Waals surface area contributed by atoms with Gasteiger partial charge in [0.1, 0.15) is 16.7 Å². The van der Waals surface area contributed by atoms with Gasteiger partial charge in [-0.05, 0) is 59.8 Å². The van der Waals surface area contributed by atoms with Gasteiger partial charge in [-0.2, -0.15) is 0 Å². The zero-order valence-electron chi connectivity index (χ0n) is 15.3. The maximum Gasteiger partial charge on any atom is 0.410 e. The number of thiazole rings is 1. The van der Waals surface area contributed by atoms with Crippen LogP contribution in [0.1, 0.15) is 70.9 Å². The van der Waals surface area contributed by atoms with Crippen LogP contribution in [0.5, 0.6) is 0 Å². The number of ether oxygens (including phenoxy) is 2. The van der Waals surface area contributed by atoms with Crippen molar-refractivity contribution in [2.45, 2.75) is 77.5 Å². The highest BCUT2D eigenvalue weighted by Crippen LogP contribution is 2.24. The van der Waals surface area contributed by atoms with Crippen molar-refractivity contribution in [1.82, 2.24) is 9.88 Å². The normalized spacial score (nSPS) is 20.0. The highest BCUT2D eigenvalue weighted by atomic mass is 32.1. The molecule has 5 nitrogen and oxygen atoms in total. The lowest BCUT2D eigenvalue weighted by Gasteiger charge is -2.36. The molecule has 1 fully saturated rings. The molecule has 0 saturated carbocycles. The summed E-state index contributed by atoms with van der Waals surface area (Å²) in [7, 11) is 0. The van der Waals surface area contributed by atoms with Gasteiger partial charge in [-0.3, -0.25) is 0 Å². The molecule has 24 heavy (non-hydrogen) atoms. The van der Waals surface area contributed by atoms with E-state index in [1.165, 1.54) is 6.42 Å². The molecule has 0 aromatic carbocycles. The molecule has 2 heterocycles. The third-order valence-corrected chi connectivity index (χ3v) is 5.04. The van der Waals surface area contributed by atoms with Crippen LogP contribution >= 0.6 is 11.3 Å². The van der Waals surface area contributed by atoms with E-state index in [1.807, 2.05) is 38.0 Å². The van der Waals surface area contributed by atoms with E-state index in [4.69, 9.17) is 9.47 Å². The quantitative estimate of drug-likeness (QED) is 0.689. The molecule has 1 saturated heterocycles. The molecule has 1 aliphatic heterocycles. The van der Waals surface area contributed by atoms with E-state index in [1.54, 1.807) is 17.5 Å². The molecule has 2 atom stereocenters. The lowest BCUT2D eigenvalue weighted by molar-refractivity contribution is 0.00593. The Morgan fingerprint density at radius 3 is 2.92 bits per heavy atom. The molecule has 0 spiro atoms. The molecule has 1 amide bonds. The average Bonchev–Trinajstić information content (AvgIpc) is 3.04.